The average Bonchev–Trinajstić information content (AvgIpc) is 1.99. The van der Waals surface area contributed by atoms with Gasteiger partial charge in [0.15, 0.2) is 0 Å². The minimum atomic E-state index is -4.27. The number of nitrogens with zero attached hydrogens (tertiary/aromatic N) is 1. The lowest BCUT2D eigenvalue weighted by Gasteiger charge is -2.10. The number of hydrogen-bond donors (Lipinski definition) is 1. The second kappa shape index (κ2) is 4.87. The first-order chi connectivity index (χ1) is 6.87. The Morgan fingerprint density at radius 2 is 2.07 bits per heavy atom. The molecule has 0 bridgehead atoms. The zero-order valence-electron chi connectivity index (χ0n) is 7.95. The first-order valence-electron chi connectivity index (χ1n) is 4.11. The van der Waals surface area contributed by atoms with E-state index >= 15 is 0 Å². The third-order valence-electron chi connectivity index (χ3n) is 1.54. The molecule has 0 aromatic heterocycles. The molecule has 1 aromatic carbocycles. The topological polar surface area (TPSA) is 23.5 Å². The van der Waals surface area contributed by atoms with Crippen LogP contribution >= 0.6 is 11.8 Å². The smallest absolute Gasteiger partial charge is 0.314 e. The molecule has 0 atom stereocenters. The van der Waals surface area contributed by atoms with E-state index in [1.54, 1.807) is 6.07 Å². The molecule has 6 heteroatoms. The van der Waals surface area contributed by atoms with Crippen molar-refractivity contribution in [3.63, 3.8) is 0 Å². The van der Waals surface area contributed by atoms with Crippen LogP contribution in [-0.2, 0) is 6.54 Å². The number of thioether (sulfide) groups is 1. The van der Waals surface area contributed by atoms with E-state index in [9.17, 15) is 13.2 Å². The number of benzene rings is 1. The van der Waals surface area contributed by atoms with Crippen molar-refractivity contribution in [3.8, 4) is 0 Å². The molecule has 1 N–H and O–H groups in total. The summed E-state index contributed by atoms with van der Waals surface area (Å²) in [6.07, 6.45) is 0. The van der Waals surface area contributed by atoms with Gasteiger partial charge in [0.1, 0.15) is 0 Å². The van der Waals surface area contributed by atoms with E-state index in [1.807, 2.05) is 0 Å². The van der Waals surface area contributed by atoms with Crippen LogP contribution in [0.5, 0.6) is 0 Å². The predicted octanol–water partition coefficient (Wildman–Crippen LogP) is 3.12. The van der Waals surface area contributed by atoms with Crippen molar-refractivity contribution in [1.82, 2.24) is 5.06 Å². The lowest BCUT2D eigenvalue weighted by atomic mass is 10.2. The SMILES string of the molecule is CN(O)Cc1cccc(SC(F)(F)F)c1. The summed E-state index contributed by atoms with van der Waals surface area (Å²) in [5.41, 5.74) is -3.64. The number of halogens is 3. The van der Waals surface area contributed by atoms with E-state index in [1.165, 1.54) is 25.2 Å². The zero-order valence-corrected chi connectivity index (χ0v) is 8.77. The Morgan fingerprint density at radius 3 is 2.60 bits per heavy atom. The molecule has 2 nitrogen and oxygen atoms in total. The van der Waals surface area contributed by atoms with Crippen molar-refractivity contribution >= 4 is 11.8 Å². The van der Waals surface area contributed by atoms with Gasteiger partial charge in [0.2, 0.25) is 0 Å². The van der Waals surface area contributed by atoms with Gasteiger partial charge in [-0.05, 0) is 29.5 Å². The summed E-state index contributed by atoms with van der Waals surface area (Å²) >= 11 is -0.158. The standard InChI is InChI=1S/C9H10F3NOS/c1-13(14)6-7-3-2-4-8(5-7)15-9(10,11)12/h2-5,14H,6H2,1H3. The van der Waals surface area contributed by atoms with Gasteiger partial charge in [-0.2, -0.15) is 18.2 Å². The van der Waals surface area contributed by atoms with Crippen LogP contribution in [-0.4, -0.2) is 22.8 Å². The maximum absolute atomic E-state index is 12.0. The highest BCUT2D eigenvalue weighted by Crippen LogP contribution is 2.36. The quantitative estimate of drug-likeness (QED) is 0.645. The summed E-state index contributed by atoms with van der Waals surface area (Å²) < 4.78 is 36.1. The van der Waals surface area contributed by atoms with Gasteiger partial charge in [0.25, 0.3) is 0 Å². The molecule has 0 saturated carbocycles. The van der Waals surface area contributed by atoms with Gasteiger partial charge in [-0.15, -0.1) is 0 Å². The molecule has 84 valence electrons. The Labute approximate surface area is 89.7 Å². The molecule has 0 heterocycles. The van der Waals surface area contributed by atoms with Crippen LogP contribution < -0.4 is 0 Å². The Hall–Kier alpha value is -0.720. The second-order valence-corrected chi connectivity index (χ2v) is 4.15. The lowest BCUT2D eigenvalue weighted by Crippen LogP contribution is -2.11. The minimum absolute atomic E-state index is 0.127. The molecule has 15 heavy (non-hydrogen) atoms. The van der Waals surface area contributed by atoms with Gasteiger partial charge in [0.05, 0.1) is 0 Å². The van der Waals surface area contributed by atoms with Gasteiger partial charge in [-0.1, -0.05) is 12.1 Å². The summed E-state index contributed by atoms with van der Waals surface area (Å²) in [4.78, 5) is 0.127. The van der Waals surface area contributed by atoms with Crippen LogP contribution in [0.1, 0.15) is 5.56 Å². The predicted molar refractivity (Wildman–Crippen MR) is 51.6 cm³/mol. The van der Waals surface area contributed by atoms with Crippen molar-refractivity contribution in [1.29, 1.82) is 0 Å². The van der Waals surface area contributed by atoms with Crippen LogP contribution in [0.3, 0.4) is 0 Å². The van der Waals surface area contributed by atoms with Crippen LogP contribution in [0.2, 0.25) is 0 Å². The summed E-state index contributed by atoms with van der Waals surface area (Å²) in [7, 11) is 1.43. The Kier molecular flexibility index (Phi) is 4.01. The van der Waals surface area contributed by atoms with Crippen molar-refractivity contribution in [2.24, 2.45) is 0 Å². The largest absolute Gasteiger partial charge is 0.446 e. The number of hydrogen-bond acceptors (Lipinski definition) is 3. The highest BCUT2D eigenvalue weighted by atomic mass is 32.2. The number of rotatable bonds is 3. The minimum Gasteiger partial charge on any atom is -0.314 e. The van der Waals surface area contributed by atoms with Crippen molar-refractivity contribution in [2.45, 2.75) is 16.9 Å². The van der Waals surface area contributed by atoms with Gasteiger partial charge in [0, 0.05) is 18.5 Å². The molecule has 0 saturated heterocycles. The third-order valence-corrected chi connectivity index (χ3v) is 2.26. The lowest BCUT2D eigenvalue weighted by molar-refractivity contribution is -0.0731. The fraction of sp³-hybridized carbons (Fsp3) is 0.333. The van der Waals surface area contributed by atoms with Crippen LogP contribution in [0.25, 0.3) is 0 Å². The average molecular weight is 237 g/mol. The van der Waals surface area contributed by atoms with Gasteiger partial charge >= 0.3 is 5.51 Å². The maximum Gasteiger partial charge on any atom is 0.446 e. The van der Waals surface area contributed by atoms with Crippen molar-refractivity contribution < 1.29 is 18.4 Å². The fourth-order valence-corrected chi connectivity index (χ4v) is 1.73. The summed E-state index contributed by atoms with van der Waals surface area (Å²) in [5, 5.41) is 9.85. The zero-order chi connectivity index (χ0) is 11.5. The van der Waals surface area contributed by atoms with Gasteiger partial charge < -0.3 is 5.21 Å². The van der Waals surface area contributed by atoms with Gasteiger partial charge in [-0.3, -0.25) is 0 Å². The molecule has 0 aliphatic heterocycles. The summed E-state index contributed by atoms with van der Waals surface area (Å²) in [6.45, 7) is 0.201. The Morgan fingerprint density at radius 1 is 1.40 bits per heavy atom. The summed E-state index contributed by atoms with van der Waals surface area (Å²) in [5.74, 6) is 0. The molecular weight excluding hydrogens is 227 g/mol. The molecule has 0 fully saturated rings. The third kappa shape index (κ3) is 5.06. The molecule has 0 aliphatic rings. The fourth-order valence-electron chi connectivity index (χ4n) is 1.11. The first-order valence-corrected chi connectivity index (χ1v) is 4.93. The van der Waals surface area contributed by atoms with E-state index in [0.29, 0.717) is 5.56 Å². The molecule has 0 spiro atoms. The molecule has 0 aliphatic carbocycles. The van der Waals surface area contributed by atoms with Crippen molar-refractivity contribution in [2.75, 3.05) is 7.05 Å². The molecule has 0 radical (unpaired) electrons. The highest BCUT2D eigenvalue weighted by molar-refractivity contribution is 8.00. The molecule has 1 rings (SSSR count). The van der Waals surface area contributed by atoms with E-state index < -0.39 is 5.51 Å². The van der Waals surface area contributed by atoms with E-state index in [4.69, 9.17) is 5.21 Å². The monoisotopic (exact) mass is 237 g/mol. The van der Waals surface area contributed by atoms with Crippen molar-refractivity contribution in [3.05, 3.63) is 29.8 Å². The van der Waals surface area contributed by atoms with Crippen LogP contribution in [0, 0.1) is 0 Å². The Bertz CT molecular complexity index is 327. The molecule has 0 unspecified atom stereocenters. The van der Waals surface area contributed by atoms with E-state index in [-0.39, 0.29) is 23.2 Å². The number of hydroxylamine groups is 2. The maximum atomic E-state index is 12.0. The molecule has 1 aromatic rings. The van der Waals surface area contributed by atoms with Crippen LogP contribution in [0.15, 0.2) is 29.2 Å². The highest BCUT2D eigenvalue weighted by Gasteiger charge is 2.29. The Balaban J connectivity index is 2.74. The summed E-state index contributed by atoms with van der Waals surface area (Å²) in [6, 6.07) is 5.99. The number of alkyl halides is 3. The first kappa shape index (κ1) is 12.4. The van der Waals surface area contributed by atoms with Gasteiger partial charge in [-0.25, -0.2) is 0 Å². The molecule has 0 amide bonds. The van der Waals surface area contributed by atoms with E-state index in [0.717, 1.165) is 5.06 Å². The second-order valence-electron chi connectivity index (χ2n) is 3.01. The van der Waals surface area contributed by atoms with E-state index in [2.05, 4.69) is 0 Å². The van der Waals surface area contributed by atoms with Crippen LogP contribution in [0.4, 0.5) is 13.2 Å². The normalized spacial score (nSPS) is 12.1. The molecular formula is C9H10F3NOS.